The predicted molar refractivity (Wildman–Crippen MR) is 53.8 cm³/mol. The van der Waals surface area contributed by atoms with Crippen LogP contribution in [0.5, 0.6) is 0 Å². The molecule has 0 aromatic rings. The second-order valence-corrected chi connectivity index (χ2v) is 4.78. The molecule has 14 heavy (non-hydrogen) atoms. The fourth-order valence-corrected chi connectivity index (χ4v) is 3.01. The van der Waals surface area contributed by atoms with Crippen molar-refractivity contribution in [2.75, 3.05) is 7.05 Å². The zero-order chi connectivity index (χ0) is 10.2. The summed E-state index contributed by atoms with van der Waals surface area (Å²) in [6.45, 7) is 0. The minimum atomic E-state index is -0.197. The highest BCUT2D eigenvalue weighted by Crippen LogP contribution is 2.40. The number of nitrogens with zero attached hydrogens (tertiary/aromatic N) is 1. The van der Waals surface area contributed by atoms with Crippen molar-refractivity contribution in [3.8, 4) is 0 Å². The minimum absolute atomic E-state index is 0.00694. The summed E-state index contributed by atoms with van der Waals surface area (Å²) in [5.41, 5.74) is -0.00694. The van der Waals surface area contributed by atoms with Gasteiger partial charge in [-0.1, -0.05) is 0 Å². The van der Waals surface area contributed by atoms with Gasteiger partial charge < -0.3 is 10.0 Å². The van der Waals surface area contributed by atoms with E-state index in [0.717, 1.165) is 38.5 Å². The molecule has 1 aliphatic carbocycles. The lowest BCUT2D eigenvalue weighted by Crippen LogP contribution is -2.55. The van der Waals surface area contributed by atoms with Crippen molar-refractivity contribution in [1.82, 2.24) is 4.90 Å². The van der Waals surface area contributed by atoms with Crippen LogP contribution in [0.25, 0.3) is 0 Å². The summed E-state index contributed by atoms with van der Waals surface area (Å²) in [5, 5.41) is 9.69. The highest BCUT2D eigenvalue weighted by molar-refractivity contribution is 5.77. The molecule has 1 N–H and O–H groups in total. The van der Waals surface area contributed by atoms with Crippen molar-refractivity contribution in [2.24, 2.45) is 0 Å². The number of likely N-dealkylation sites (tertiary alicyclic amines) is 1. The van der Waals surface area contributed by atoms with Crippen LogP contribution in [0.3, 0.4) is 0 Å². The third-order valence-corrected chi connectivity index (χ3v) is 3.91. The van der Waals surface area contributed by atoms with Gasteiger partial charge in [0.05, 0.1) is 6.10 Å². The first-order valence-corrected chi connectivity index (χ1v) is 5.59. The van der Waals surface area contributed by atoms with Crippen LogP contribution in [0, 0.1) is 0 Å². The lowest BCUT2D eigenvalue weighted by Gasteiger charge is -2.48. The first kappa shape index (κ1) is 9.97. The molecule has 2 atom stereocenters. The van der Waals surface area contributed by atoms with Crippen molar-refractivity contribution in [1.29, 1.82) is 0 Å². The standard InChI is InChI=1S/C11H19NO2/c1-12-10(14)5-3-7-11(12)6-2-4-9(13)8-11/h9,13H,2-8H2,1H3/t9-,11-/m1/s1. The Kier molecular flexibility index (Phi) is 2.52. The van der Waals surface area contributed by atoms with Crippen LogP contribution in [0.4, 0.5) is 0 Å². The van der Waals surface area contributed by atoms with Gasteiger partial charge >= 0.3 is 0 Å². The summed E-state index contributed by atoms with van der Waals surface area (Å²) in [6.07, 6.45) is 6.39. The molecule has 3 nitrogen and oxygen atoms in total. The van der Waals surface area contributed by atoms with Gasteiger partial charge in [-0.3, -0.25) is 4.79 Å². The van der Waals surface area contributed by atoms with Crippen LogP contribution in [0.1, 0.15) is 44.9 Å². The molecule has 1 saturated heterocycles. The van der Waals surface area contributed by atoms with Crippen molar-refractivity contribution >= 4 is 5.91 Å². The van der Waals surface area contributed by atoms with E-state index in [2.05, 4.69) is 0 Å². The summed E-state index contributed by atoms with van der Waals surface area (Å²) in [4.78, 5) is 13.5. The molecule has 80 valence electrons. The number of carbonyl (C=O) groups is 1. The van der Waals surface area contributed by atoms with E-state index in [1.165, 1.54) is 0 Å². The zero-order valence-corrected chi connectivity index (χ0v) is 8.83. The molecule has 2 fully saturated rings. The predicted octanol–water partition coefficient (Wildman–Crippen LogP) is 1.30. The number of piperidine rings is 1. The number of hydrogen-bond donors (Lipinski definition) is 1. The average Bonchev–Trinajstić information content (AvgIpc) is 2.14. The van der Waals surface area contributed by atoms with E-state index in [1.807, 2.05) is 11.9 Å². The maximum atomic E-state index is 11.6. The lowest BCUT2D eigenvalue weighted by atomic mass is 9.74. The maximum Gasteiger partial charge on any atom is 0.222 e. The van der Waals surface area contributed by atoms with Gasteiger partial charge in [0, 0.05) is 19.0 Å². The molecule has 2 rings (SSSR count). The molecule has 1 heterocycles. The highest BCUT2D eigenvalue weighted by Gasteiger charge is 2.43. The molecule has 0 bridgehead atoms. The molecule has 1 aliphatic heterocycles. The zero-order valence-electron chi connectivity index (χ0n) is 8.83. The quantitative estimate of drug-likeness (QED) is 0.636. The first-order chi connectivity index (χ1) is 6.64. The Balaban J connectivity index is 2.15. The van der Waals surface area contributed by atoms with Crippen LogP contribution in [-0.4, -0.2) is 34.6 Å². The van der Waals surface area contributed by atoms with Crippen LogP contribution < -0.4 is 0 Å². The fourth-order valence-electron chi connectivity index (χ4n) is 3.01. The van der Waals surface area contributed by atoms with Gasteiger partial charge in [-0.2, -0.15) is 0 Å². The SMILES string of the molecule is CN1C(=O)CCC[C@@]12CCC[C@@H](O)C2. The van der Waals surface area contributed by atoms with Crippen LogP contribution >= 0.6 is 0 Å². The third kappa shape index (κ3) is 1.54. The van der Waals surface area contributed by atoms with Crippen molar-refractivity contribution < 1.29 is 9.90 Å². The lowest BCUT2D eigenvalue weighted by molar-refractivity contribution is -0.143. The Morgan fingerprint density at radius 3 is 2.86 bits per heavy atom. The number of carbonyl (C=O) groups excluding carboxylic acids is 1. The Labute approximate surface area is 85.1 Å². The second-order valence-electron chi connectivity index (χ2n) is 4.78. The molecular weight excluding hydrogens is 178 g/mol. The van der Waals surface area contributed by atoms with Crippen LogP contribution in [0.2, 0.25) is 0 Å². The summed E-state index contributed by atoms with van der Waals surface area (Å²) in [7, 11) is 1.90. The van der Waals surface area contributed by atoms with Gasteiger partial charge in [0.2, 0.25) is 5.91 Å². The van der Waals surface area contributed by atoms with E-state index in [0.29, 0.717) is 6.42 Å². The molecule has 0 aromatic heterocycles. The summed E-state index contributed by atoms with van der Waals surface area (Å²) < 4.78 is 0. The molecule has 2 aliphatic rings. The molecule has 3 heteroatoms. The normalized spacial score (nSPS) is 39.1. The summed E-state index contributed by atoms with van der Waals surface area (Å²) in [6, 6.07) is 0. The molecule has 1 amide bonds. The Hall–Kier alpha value is -0.570. The number of aliphatic hydroxyl groups excluding tert-OH is 1. The van der Waals surface area contributed by atoms with Crippen molar-refractivity contribution in [2.45, 2.75) is 56.6 Å². The van der Waals surface area contributed by atoms with E-state index < -0.39 is 0 Å². The van der Waals surface area contributed by atoms with Crippen LogP contribution in [0.15, 0.2) is 0 Å². The maximum absolute atomic E-state index is 11.6. The van der Waals surface area contributed by atoms with Gasteiger partial charge in [0.15, 0.2) is 0 Å². The molecule has 1 saturated carbocycles. The van der Waals surface area contributed by atoms with Gasteiger partial charge in [-0.05, 0) is 38.5 Å². The monoisotopic (exact) mass is 197 g/mol. The number of hydrogen-bond acceptors (Lipinski definition) is 2. The fraction of sp³-hybridized carbons (Fsp3) is 0.909. The van der Waals surface area contributed by atoms with Crippen molar-refractivity contribution in [3.05, 3.63) is 0 Å². The minimum Gasteiger partial charge on any atom is -0.393 e. The van der Waals surface area contributed by atoms with Crippen molar-refractivity contribution in [3.63, 3.8) is 0 Å². The largest absolute Gasteiger partial charge is 0.393 e. The Morgan fingerprint density at radius 1 is 1.43 bits per heavy atom. The van der Waals surface area contributed by atoms with E-state index in [9.17, 15) is 9.90 Å². The number of amides is 1. The van der Waals surface area contributed by atoms with E-state index in [-0.39, 0.29) is 17.6 Å². The molecule has 0 radical (unpaired) electrons. The highest BCUT2D eigenvalue weighted by atomic mass is 16.3. The van der Waals surface area contributed by atoms with Crippen LogP contribution in [-0.2, 0) is 4.79 Å². The van der Waals surface area contributed by atoms with E-state index in [1.54, 1.807) is 0 Å². The summed E-state index contributed by atoms with van der Waals surface area (Å²) >= 11 is 0. The number of aliphatic hydroxyl groups is 1. The average molecular weight is 197 g/mol. The van der Waals surface area contributed by atoms with Gasteiger partial charge in [-0.15, -0.1) is 0 Å². The molecule has 0 unspecified atom stereocenters. The van der Waals surface area contributed by atoms with E-state index >= 15 is 0 Å². The summed E-state index contributed by atoms with van der Waals surface area (Å²) in [5.74, 6) is 0.255. The van der Waals surface area contributed by atoms with Gasteiger partial charge in [0.1, 0.15) is 0 Å². The topological polar surface area (TPSA) is 40.5 Å². The second kappa shape index (κ2) is 3.54. The Morgan fingerprint density at radius 2 is 2.14 bits per heavy atom. The molecule has 0 aromatic carbocycles. The van der Waals surface area contributed by atoms with E-state index in [4.69, 9.17) is 0 Å². The van der Waals surface area contributed by atoms with Gasteiger partial charge in [0.25, 0.3) is 0 Å². The molecular formula is C11H19NO2. The first-order valence-electron chi connectivity index (χ1n) is 5.59. The molecule has 1 spiro atoms. The Bertz CT molecular complexity index is 237. The number of rotatable bonds is 0. The smallest absolute Gasteiger partial charge is 0.222 e. The van der Waals surface area contributed by atoms with Gasteiger partial charge in [-0.25, -0.2) is 0 Å². The third-order valence-electron chi connectivity index (χ3n) is 3.91.